The van der Waals surface area contributed by atoms with Crippen LogP contribution < -0.4 is 5.32 Å². The molecular weight excluding hydrogens is 318 g/mol. The van der Waals surface area contributed by atoms with Gasteiger partial charge in [-0.1, -0.05) is 11.6 Å². The van der Waals surface area contributed by atoms with Gasteiger partial charge in [0.15, 0.2) is 0 Å². The molecule has 2 heterocycles. The first-order valence-corrected chi connectivity index (χ1v) is 8.09. The average Bonchev–Trinajstić information content (AvgIpc) is 3.06. The SMILES string of the molecule is COCCN1C(=O)C[C@H]2[C@@H]1CCN2C(=O)Nc1ccc(Cl)cc1. The standard InChI is InChI=1S/C16H20ClN3O3/c1-23-9-8-19-13-6-7-20(14(13)10-15(19)21)16(22)18-12-4-2-11(17)3-5-12/h2-5,13-14H,6-10H2,1H3,(H,18,22)/t13-,14-/m0/s1. The van der Waals surface area contributed by atoms with E-state index in [2.05, 4.69) is 5.32 Å². The van der Waals surface area contributed by atoms with Crippen LogP contribution in [-0.2, 0) is 9.53 Å². The van der Waals surface area contributed by atoms with Gasteiger partial charge in [0.1, 0.15) is 0 Å². The number of hydrogen-bond donors (Lipinski definition) is 1. The highest BCUT2D eigenvalue weighted by Gasteiger charge is 2.48. The lowest BCUT2D eigenvalue weighted by molar-refractivity contribution is -0.129. The Morgan fingerprint density at radius 2 is 2.09 bits per heavy atom. The molecule has 23 heavy (non-hydrogen) atoms. The van der Waals surface area contributed by atoms with E-state index in [0.29, 0.717) is 36.8 Å². The van der Waals surface area contributed by atoms with Gasteiger partial charge in [-0.25, -0.2) is 4.79 Å². The van der Waals surface area contributed by atoms with Gasteiger partial charge in [0.2, 0.25) is 5.91 Å². The number of methoxy groups -OCH3 is 1. The van der Waals surface area contributed by atoms with Gasteiger partial charge < -0.3 is 19.9 Å². The molecule has 1 aromatic rings. The summed E-state index contributed by atoms with van der Waals surface area (Å²) in [6, 6.07) is 6.88. The number of carbonyl (C=O) groups excluding carboxylic acids is 2. The van der Waals surface area contributed by atoms with Crippen LogP contribution in [0.1, 0.15) is 12.8 Å². The van der Waals surface area contributed by atoms with Crippen LogP contribution in [0.3, 0.4) is 0 Å². The summed E-state index contributed by atoms with van der Waals surface area (Å²) < 4.78 is 5.07. The number of rotatable bonds is 4. The average molecular weight is 338 g/mol. The second-order valence-electron chi connectivity index (χ2n) is 5.84. The molecule has 3 amide bonds. The first-order chi connectivity index (χ1) is 11.1. The van der Waals surface area contributed by atoms with Crippen molar-refractivity contribution in [1.82, 2.24) is 9.80 Å². The summed E-state index contributed by atoms with van der Waals surface area (Å²) in [7, 11) is 1.62. The van der Waals surface area contributed by atoms with Crippen molar-refractivity contribution in [1.29, 1.82) is 0 Å². The molecule has 0 bridgehead atoms. The molecular formula is C16H20ClN3O3. The van der Waals surface area contributed by atoms with E-state index in [1.807, 2.05) is 4.90 Å². The molecule has 0 aliphatic carbocycles. The minimum absolute atomic E-state index is 0.0494. The largest absolute Gasteiger partial charge is 0.383 e. The minimum Gasteiger partial charge on any atom is -0.383 e. The van der Waals surface area contributed by atoms with E-state index in [-0.39, 0.29) is 24.0 Å². The smallest absolute Gasteiger partial charge is 0.322 e. The number of anilines is 1. The van der Waals surface area contributed by atoms with Crippen molar-refractivity contribution >= 4 is 29.2 Å². The lowest BCUT2D eigenvalue weighted by Gasteiger charge is -2.25. The van der Waals surface area contributed by atoms with Crippen molar-refractivity contribution in [3.63, 3.8) is 0 Å². The topological polar surface area (TPSA) is 61.9 Å². The monoisotopic (exact) mass is 337 g/mol. The predicted molar refractivity (Wildman–Crippen MR) is 87.6 cm³/mol. The van der Waals surface area contributed by atoms with Crippen molar-refractivity contribution in [3.05, 3.63) is 29.3 Å². The first kappa shape index (κ1) is 16.1. The molecule has 2 atom stereocenters. The van der Waals surface area contributed by atoms with E-state index in [4.69, 9.17) is 16.3 Å². The Kier molecular flexibility index (Phi) is 4.73. The summed E-state index contributed by atoms with van der Waals surface area (Å²) in [5, 5.41) is 3.49. The number of benzene rings is 1. The Balaban J connectivity index is 1.64. The number of nitrogens with one attached hydrogen (secondary N) is 1. The number of likely N-dealkylation sites (tertiary alicyclic amines) is 2. The fourth-order valence-electron chi connectivity index (χ4n) is 3.39. The van der Waals surface area contributed by atoms with E-state index >= 15 is 0 Å². The molecule has 1 N–H and O–H groups in total. The van der Waals surface area contributed by atoms with E-state index in [1.54, 1.807) is 36.3 Å². The van der Waals surface area contributed by atoms with Gasteiger partial charge in [-0.2, -0.15) is 0 Å². The lowest BCUT2D eigenvalue weighted by Crippen LogP contribution is -2.42. The Hall–Kier alpha value is -1.79. The second kappa shape index (κ2) is 6.76. The number of nitrogens with zero attached hydrogens (tertiary/aromatic N) is 2. The van der Waals surface area contributed by atoms with Gasteiger partial charge in [-0.05, 0) is 30.7 Å². The highest BCUT2D eigenvalue weighted by molar-refractivity contribution is 6.30. The van der Waals surface area contributed by atoms with Crippen LogP contribution in [0.25, 0.3) is 0 Å². The summed E-state index contributed by atoms with van der Waals surface area (Å²) in [5.74, 6) is 0.0982. The number of urea groups is 1. The molecule has 6 nitrogen and oxygen atoms in total. The summed E-state index contributed by atoms with van der Waals surface area (Å²) >= 11 is 5.85. The Morgan fingerprint density at radius 1 is 1.35 bits per heavy atom. The van der Waals surface area contributed by atoms with Crippen LogP contribution in [0.5, 0.6) is 0 Å². The number of ether oxygens (including phenoxy) is 1. The number of amides is 3. The maximum Gasteiger partial charge on any atom is 0.322 e. The predicted octanol–water partition coefficient (Wildman–Crippen LogP) is 2.19. The number of halogens is 1. The molecule has 2 fully saturated rings. The second-order valence-corrected chi connectivity index (χ2v) is 6.27. The fraction of sp³-hybridized carbons (Fsp3) is 0.500. The number of carbonyl (C=O) groups is 2. The third kappa shape index (κ3) is 3.28. The van der Waals surface area contributed by atoms with Crippen molar-refractivity contribution in [2.45, 2.75) is 24.9 Å². The maximum atomic E-state index is 12.5. The van der Waals surface area contributed by atoms with Gasteiger partial charge in [0.25, 0.3) is 0 Å². The maximum absolute atomic E-state index is 12.5. The van der Waals surface area contributed by atoms with E-state index < -0.39 is 0 Å². The van der Waals surface area contributed by atoms with Crippen molar-refractivity contribution < 1.29 is 14.3 Å². The minimum atomic E-state index is -0.166. The normalized spacial score (nSPS) is 23.3. The van der Waals surface area contributed by atoms with Crippen LogP contribution in [0, 0.1) is 0 Å². The summed E-state index contributed by atoms with van der Waals surface area (Å²) in [4.78, 5) is 28.3. The van der Waals surface area contributed by atoms with Crippen LogP contribution in [0.2, 0.25) is 5.02 Å². The third-order valence-electron chi connectivity index (χ3n) is 4.51. The highest BCUT2D eigenvalue weighted by Crippen LogP contribution is 2.32. The highest BCUT2D eigenvalue weighted by atomic mass is 35.5. The molecule has 1 aromatic carbocycles. The summed E-state index contributed by atoms with van der Waals surface area (Å²) in [6.07, 6.45) is 1.20. The van der Waals surface area contributed by atoms with Crippen molar-refractivity contribution in [2.24, 2.45) is 0 Å². The Bertz CT molecular complexity index is 593. The molecule has 2 aliphatic heterocycles. The number of fused-ring (bicyclic) bond motifs is 1. The zero-order valence-corrected chi connectivity index (χ0v) is 13.8. The quantitative estimate of drug-likeness (QED) is 0.916. The molecule has 0 unspecified atom stereocenters. The molecule has 0 aromatic heterocycles. The van der Waals surface area contributed by atoms with Crippen molar-refractivity contribution in [2.75, 3.05) is 32.1 Å². The zero-order chi connectivity index (χ0) is 16.4. The first-order valence-electron chi connectivity index (χ1n) is 7.71. The molecule has 7 heteroatoms. The number of hydrogen-bond acceptors (Lipinski definition) is 3. The van der Waals surface area contributed by atoms with Crippen LogP contribution >= 0.6 is 11.6 Å². The molecule has 124 valence electrons. The molecule has 3 rings (SSSR count). The van der Waals surface area contributed by atoms with Crippen LogP contribution in [0.4, 0.5) is 10.5 Å². The molecule has 0 spiro atoms. The van der Waals surface area contributed by atoms with Gasteiger partial charge in [-0.15, -0.1) is 0 Å². The third-order valence-corrected chi connectivity index (χ3v) is 4.76. The van der Waals surface area contributed by atoms with E-state index in [1.165, 1.54) is 0 Å². The van der Waals surface area contributed by atoms with Gasteiger partial charge in [0.05, 0.1) is 18.7 Å². The zero-order valence-electron chi connectivity index (χ0n) is 13.0. The summed E-state index contributed by atoms with van der Waals surface area (Å²) in [5.41, 5.74) is 0.698. The Labute approximate surface area is 140 Å². The fourth-order valence-corrected chi connectivity index (χ4v) is 3.51. The molecule has 0 radical (unpaired) electrons. The van der Waals surface area contributed by atoms with Crippen LogP contribution in [0.15, 0.2) is 24.3 Å². The van der Waals surface area contributed by atoms with Gasteiger partial charge >= 0.3 is 6.03 Å². The van der Waals surface area contributed by atoms with E-state index in [0.717, 1.165) is 6.42 Å². The Morgan fingerprint density at radius 3 is 2.78 bits per heavy atom. The van der Waals surface area contributed by atoms with Crippen molar-refractivity contribution in [3.8, 4) is 0 Å². The lowest BCUT2D eigenvalue weighted by atomic mass is 10.1. The van der Waals surface area contributed by atoms with Gasteiger partial charge in [0, 0.05) is 37.3 Å². The molecule has 2 aliphatic rings. The molecule has 0 saturated carbocycles. The van der Waals surface area contributed by atoms with Gasteiger partial charge in [-0.3, -0.25) is 4.79 Å². The van der Waals surface area contributed by atoms with E-state index in [9.17, 15) is 9.59 Å². The summed E-state index contributed by atoms with van der Waals surface area (Å²) in [6.45, 7) is 1.76. The molecule has 2 saturated heterocycles. The van der Waals surface area contributed by atoms with Crippen LogP contribution in [-0.4, -0.2) is 60.6 Å².